The summed E-state index contributed by atoms with van der Waals surface area (Å²) in [6, 6.07) is 9.24. The van der Waals surface area contributed by atoms with Crippen LogP contribution in [0.5, 0.6) is 0 Å². The summed E-state index contributed by atoms with van der Waals surface area (Å²) < 4.78 is 3.99. The molecule has 23 heavy (non-hydrogen) atoms. The molecular weight excluding hydrogens is 339 g/mol. The van der Waals surface area contributed by atoms with Crippen LogP contribution in [-0.2, 0) is 13.5 Å². The van der Waals surface area contributed by atoms with Gasteiger partial charge in [-0.2, -0.15) is 0 Å². The van der Waals surface area contributed by atoms with Crippen molar-refractivity contribution in [3.8, 4) is 11.3 Å². The van der Waals surface area contributed by atoms with Gasteiger partial charge in [-0.3, -0.25) is 0 Å². The second-order valence-electron chi connectivity index (χ2n) is 8.37. The monoisotopic (exact) mass is 372 g/mol. The molecule has 1 nitrogen and oxygen atoms in total. The number of aryl methyl sites for hydroxylation is 3. The summed E-state index contributed by atoms with van der Waals surface area (Å²) in [6.45, 7) is 9.03. The van der Waals surface area contributed by atoms with Crippen LogP contribution < -0.4 is 8.96 Å². The molecule has 0 aliphatic heterocycles. The van der Waals surface area contributed by atoms with Crippen molar-refractivity contribution < 1.29 is 4.57 Å². The van der Waals surface area contributed by atoms with Crippen molar-refractivity contribution in [1.82, 2.24) is 0 Å². The van der Waals surface area contributed by atoms with E-state index in [1.54, 1.807) is 9.96 Å². The van der Waals surface area contributed by atoms with Crippen molar-refractivity contribution in [2.24, 2.45) is 13.0 Å². The van der Waals surface area contributed by atoms with Crippen LogP contribution in [0.1, 0.15) is 30.5 Å². The number of pyridine rings is 1. The molecule has 0 unspecified atom stereocenters. The molecule has 2 rings (SSSR count). The van der Waals surface area contributed by atoms with Crippen molar-refractivity contribution in [2.75, 3.05) is 0 Å². The second kappa shape index (κ2) is 6.80. The van der Waals surface area contributed by atoms with Gasteiger partial charge < -0.3 is 0 Å². The van der Waals surface area contributed by atoms with E-state index in [1.807, 2.05) is 0 Å². The van der Waals surface area contributed by atoms with Gasteiger partial charge >= 0.3 is 145 Å². The third-order valence-electron chi connectivity index (χ3n) is 4.45. The zero-order chi connectivity index (χ0) is 17.4. The zero-order valence-corrected chi connectivity index (χ0v) is 18.2. The average Bonchev–Trinajstić information content (AvgIpc) is 2.39. The molecule has 124 valence electrons. The van der Waals surface area contributed by atoms with Crippen molar-refractivity contribution >= 4 is 17.7 Å². The molecule has 0 fully saturated rings. The summed E-state index contributed by atoms with van der Waals surface area (Å²) in [5.41, 5.74) is 6.96. The molecule has 0 amide bonds. The van der Waals surface area contributed by atoms with Crippen LogP contribution >= 0.6 is 0 Å². The Hall–Kier alpha value is -1.09. The Morgan fingerprint density at radius 2 is 1.70 bits per heavy atom. The number of nitrogens with zero attached hydrogens (tertiary/aromatic N) is 1. The first-order chi connectivity index (χ1) is 10.6. The Morgan fingerprint density at radius 3 is 2.22 bits per heavy atom. The number of rotatable bonds is 4. The van der Waals surface area contributed by atoms with E-state index in [4.69, 9.17) is 0 Å². The third-order valence-corrected chi connectivity index (χ3v) is 8.79. The number of hydrogen-bond donors (Lipinski definition) is 0. The molecule has 0 saturated carbocycles. The van der Waals surface area contributed by atoms with Gasteiger partial charge in [-0.05, 0) is 0 Å². The van der Waals surface area contributed by atoms with Gasteiger partial charge in [-0.25, -0.2) is 0 Å². The van der Waals surface area contributed by atoms with E-state index < -0.39 is 13.3 Å². The fraction of sp³-hybridized carbons (Fsp3) is 0.476. The van der Waals surface area contributed by atoms with Crippen LogP contribution in [0, 0.1) is 19.8 Å². The molecule has 2 aromatic rings. The van der Waals surface area contributed by atoms with Crippen molar-refractivity contribution in [2.45, 2.75) is 51.4 Å². The molecule has 0 bridgehead atoms. The Kier molecular flexibility index (Phi) is 5.40. The number of aromatic nitrogens is 1. The Labute approximate surface area is 145 Å². The summed E-state index contributed by atoms with van der Waals surface area (Å²) in [5, 5.41) is 0. The fourth-order valence-corrected chi connectivity index (χ4v) is 6.95. The van der Waals surface area contributed by atoms with E-state index in [-0.39, 0.29) is 0 Å². The number of hydrogen-bond acceptors (Lipinski definition) is 0. The molecule has 1 aromatic carbocycles. The summed E-state index contributed by atoms with van der Waals surface area (Å²) in [6.07, 6.45) is 3.60. The van der Waals surface area contributed by atoms with Crippen molar-refractivity contribution in [3.05, 3.63) is 47.2 Å². The maximum atomic E-state index is 2.50. The molecule has 0 atom stereocenters. The van der Waals surface area contributed by atoms with E-state index in [0.29, 0.717) is 5.92 Å². The molecule has 0 spiro atoms. The first-order valence-corrected chi connectivity index (χ1v) is 16.0. The van der Waals surface area contributed by atoms with Gasteiger partial charge in [-0.1, -0.05) is 0 Å². The van der Waals surface area contributed by atoms with Crippen LogP contribution in [-0.4, -0.2) is 13.3 Å². The van der Waals surface area contributed by atoms with Crippen molar-refractivity contribution in [1.29, 1.82) is 0 Å². The molecule has 0 aliphatic rings. The Morgan fingerprint density at radius 1 is 1.04 bits per heavy atom. The first-order valence-electron chi connectivity index (χ1n) is 8.70. The number of benzene rings is 1. The van der Waals surface area contributed by atoms with E-state index in [1.165, 1.54) is 28.8 Å². The molecule has 0 saturated heterocycles. The predicted octanol–water partition coefficient (Wildman–Crippen LogP) is 4.54. The van der Waals surface area contributed by atoms with Crippen LogP contribution in [0.3, 0.4) is 0 Å². The van der Waals surface area contributed by atoms with Crippen molar-refractivity contribution in [3.63, 3.8) is 0 Å². The molecular formula is C21H32GeN+. The second-order valence-corrected chi connectivity index (χ2v) is 18.9. The van der Waals surface area contributed by atoms with Gasteiger partial charge in [0.1, 0.15) is 0 Å². The zero-order valence-electron chi connectivity index (χ0n) is 16.1. The molecule has 0 radical (unpaired) electrons. The maximum absolute atomic E-state index is 2.50. The Bertz CT molecular complexity index is 709. The predicted molar refractivity (Wildman–Crippen MR) is 104 cm³/mol. The van der Waals surface area contributed by atoms with E-state index in [9.17, 15) is 0 Å². The minimum absolute atomic E-state index is 0.693. The van der Waals surface area contributed by atoms with Gasteiger partial charge in [0.25, 0.3) is 0 Å². The van der Waals surface area contributed by atoms with Crippen LogP contribution in [0.2, 0.25) is 17.3 Å². The minimum atomic E-state index is -1.87. The normalized spacial score (nSPS) is 12.0. The van der Waals surface area contributed by atoms with Gasteiger partial charge in [0, 0.05) is 0 Å². The SMILES string of the molecule is Cc1ccc(-c2cc(CC(C)C)[c]([Ge]([CH3])([CH3])[CH3])c[n+]2C)c(C)c1. The van der Waals surface area contributed by atoms with E-state index in [0.717, 1.165) is 0 Å². The molecule has 0 aliphatic carbocycles. The fourth-order valence-electron chi connectivity index (χ4n) is 3.34. The quantitative estimate of drug-likeness (QED) is 0.549. The van der Waals surface area contributed by atoms with E-state index in [2.05, 4.69) is 87.0 Å². The van der Waals surface area contributed by atoms with Crippen LogP contribution in [0.4, 0.5) is 0 Å². The first kappa shape index (κ1) is 18.3. The summed E-state index contributed by atoms with van der Waals surface area (Å²) in [7, 11) is 2.20. The topological polar surface area (TPSA) is 3.88 Å². The standard InChI is InChI=1S/C21H32GeN/c1-15(2)11-18-13-21(19-10-9-16(3)12-17(19)4)23(8)14-20(18)22(5,6)7/h9-10,12-15H,11H2,1-8H3/q+1. The van der Waals surface area contributed by atoms with Gasteiger partial charge in [0.15, 0.2) is 0 Å². The van der Waals surface area contributed by atoms with Gasteiger partial charge in [0.2, 0.25) is 0 Å². The molecule has 1 aromatic heterocycles. The molecule has 1 heterocycles. The molecule has 0 N–H and O–H groups in total. The summed E-state index contributed by atoms with van der Waals surface area (Å²) in [4.78, 5) is 0. The average molecular weight is 371 g/mol. The van der Waals surface area contributed by atoms with Gasteiger partial charge in [0.05, 0.1) is 0 Å². The van der Waals surface area contributed by atoms with Crippen LogP contribution in [0.25, 0.3) is 11.3 Å². The van der Waals surface area contributed by atoms with Crippen LogP contribution in [0.15, 0.2) is 30.5 Å². The summed E-state index contributed by atoms with van der Waals surface area (Å²) in [5.74, 6) is 8.18. The summed E-state index contributed by atoms with van der Waals surface area (Å²) >= 11 is -1.87. The molecule has 2 heteroatoms. The van der Waals surface area contributed by atoms with Gasteiger partial charge in [-0.15, -0.1) is 0 Å². The van der Waals surface area contributed by atoms with E-state index >= 15 is 0 Å². The third kappa shape index (κ3) is 4.26. The Balaban J connectivity index is 2.66.